The molecule has 24 heavy (non-hydrogen) atoms. The molecule has 1 aromatic heterocycles. The van der Waals surface area contributed by atoms with Crippen molar-refractivity contribution >= 4 is 39.1 Å². The number of methoxy groups -OCH3 is 1. The highest BCUT2D eigenvalue weighted by molar-refractivity contribution is 9.10. The van der Waals surface area contributed by atoms with Crippen molar-refractivity contribution in [3.8, 4) is 5.75 Å². The molecular formula is C16H14BrN5O2. The van der Waals surface area contributed by atoms with E-state index in [1.165, 1.54) is 11.0 Å². The van der Waals surface area contributed by atoms with Gasteiger partial charge in [-0.05, 0) is 30.3 Å². The average Bonchev–Trinajstić information content (AvgIpc) is 2.97. The van der Waals surface area contributed by atoms with Crippen LogP contribution in [0.5, 0.6) is 5.75 Å². The number of hydrogen-bond donors (Lipinski definition) is 1. The minimum absolute atomic E-state index is 0.0123. The first kappa shape index (κ1) is 16.1. The summed E-state index contributed by atoms with van der Waals surface area (Å²) in [5.41, 5.74) is 4.69. The Balaban J connectivity index is 1.64. The molecule has 122 valence electrons. The van der Waals surface area contributed by atoms with Crippen LogP contribution in [0, 0.1) is 0 Å². The van der Waals surface area contributed by atoms with E-state index >= 15 is 0 Å². The minimum atomic E-state index is -0.319. The molecule has 0 bridgehead atoms. The Morgan fingerprint density at radius 2 is 2.00 bits per heavy atom. The lowest BCUT2D eigenvalue weighted by molar-refractivity contribution is -0.122. The second-order valence-corrected chi connectivity index (χ2v) is 5.81. The molecule has 0 unspecified atom stereocenters. The highest BCUT2D eigenvalue weighted by Crippen LogP contribution is 2.21. The molecule has 0 aliphatic heterocycles. The van der Waals surface area contributed by atoms with Crippen molar-refractivity contribution in [3.05, 3.63) is 52.5 Å². The third-order valence-corrected chi connectivity index (χ3v) is 3.69. The molecule has 0 spiro atoms. The molecular weight excluding hydrogens is 374 g/mol. The van der Waals surface area contributed by atoms with Crippen LogP contribution in [0.2, 0.25) is 0 Å². The van der Waals surface area contributed by atoms with E-state index in [1.807, 2.05) is 42.5 Å². The fourth-order valence-corrected chi connectivity index (χ4v) is 2.50. The molecule has 3 rings (SSSR count). The zero-order valence-corrected chi connectivity index (χ0v) is 14.4. The predicted octanol–water partition coefficient (Wildman–Crippen LogP) is 2.35. The van der Waals surface area contributed by atoms with E-state index in [9.17, 15) is 4.79 Å². The molecule has 0 saturated carbocycles. The number of halogens is 1. The quantitative estimate of drug-likeness (QED) is 0.538. The maximum atomic E-state index is 11.9. The Morgan fingerprint density at radius 1 is 1.29 bits per heavy atom. The van der Waals surface area contributed by atoms with Crippen LogP contribution in [0.4, 0.5) is 0 Å². The van der Waals surface area contributed by atoms with Gasteiger partial charge in [0.2, 0.25) is 0 Å². The van der Waals surface area contributed by atoms with Crippen LogP contribution in [-0.4, -0.2) is 34.2 Å². The second kappa shape index (κ2) is 7.22. The maximum Gasteiger partial charge on any atom is 0.263 e. The monoisotopic (exact) mass is 387 g/mol. The van der Waals surface area contributed by atoms with Gasteiger partial charge in [-0.1, -0.05) is 28.1 Å². The largest absolute Gasteiger partial charge is 0.496 e. The average molecular weight is 388 g/mol. The van der Waals surface area contributed by atoms with Gasteiger partial charge < -0.3 is 4.74 Å². The summed E-state index contributed by atoms with van der Waals surface area (Å²) in [6.45, 7) is -0.0123. The number of hydrogen-bond acceptors (Lipinski definition) is 5. The van der Waals surface area contributed by atoms with Gasteiger partial charge in [0.15, 0.2) is 0 Å². The number of nitrogens with one attached hydrogen (secondary N) is 1. The molecule has 0 atom stereocenters. The van der Waals surface area contributed by atoms with Gasteiger partial charge in [0.05, 0.1) is 13.3 Å². The van der Waals surface area contributed by atoms with Crippen molar-refractivity contribution in [2.75, 3.05) is 7.11 Å². The van der Waals surface area contributed by atoms with Crippen LogP contribution < -0.4 is 10.2 Å². The number of carbonyl (C=O) groups excluding carboxylic acids is 1. The summed E-state index contributed by atoms with van der Waals surface area (Å²) in [5.74, 6) is 0.344. The van der Waals surface area contributed by atoms with Crippen LogP contribution in [0.15, 0.2) is 52.0 Å². The van der Waals surface area contributed by atoms with Gasteiger partial charge in [0.1, 0.15) is 23.3 Å². The van der Waals surface area contributed by atoms with Crippen LogP contribution in [0.25, 0.3) is 11.0 Å². The first-order valence-electron chi connectivity index (χ1n) is 7.11. The van der Waals surface area contributed by atoms with E-state index in [-0.39, 0.29) is 12.5 Å². The number of carbonyl (C=O) groups is 1. The molecule has 0 fully saturated rings. The summed E-state index contributed by atoms with van der Waals surface area (Å²) >= 11 is 3.38. The van der Waals surface area contributed by atoms with E-state index in [2.05, 4.69) is 36.7 Å². The molecule has 0 aliphatic carbocycles. The Hall–Kier alpha value is -2.74. The van der Waals surface area contributed by atoms with E-state index in [0.717, 1.165) is 21.1 Å². The Labute approximate surface area is 146 Å². The smallest absolute Gasteiger partial charge is 0.263 e. The lowest BCUT2D eigenvalue weighted by atomic mass is 10.2. The summed E-state index contributed by atoms with van der Waals surface area (Å²) in [6.07, 6.45) is 1.52. The first-order chi connectivity index (χ1) is 11.7. The van der Waals surface area contributed by atoms with Crippen molar-refractivity contribution in [1.29, 1.82) is 0 Å². The molecule has 1 heterocycles. The Morgan fingerprint density at radius 3 is 2.67 bits per heavy atom. The molecule has 1 amide bonds. The number of ether oxygens (including phenoxy) is 1. The van der Waals surface area contributed by atoms with E-state index in [1.54, 1.807) is 7.11 Å². The predicted molar refractivity (Wildman–Crippen MR) is 94.0 cm³/mol. The topological polar surface area (TPSA) is 81.4 Å². The Bertz CT molecular complexity index is 873. The molecule has 8 heteroatoms. The van der Waals surface area contributed by atoms with E-state index < -0.39 is 0 Å². The van der Waals surface area contributed by atoms with Gasteiger partial charge in [-0.15, -0.1) is 0 Å². The SMILES string of the molecule is COc1ccc(Br)cc1/C=N\NC(=O)Cn1nc2ccccc2n1. The van der Waals surface area contributed by atoms with Crippen molar-refractivity contribution in [2.24, 2.45) is 5.10 Å². The molecule has 0 aliphatic rings. The summed E-state index contributed by atoms with van der Waals surface area (Å²) in [7, 11) is 1.58. The van der Waals surface area contributed by atoms with Crippen LogP contribution in [0.1, 0.15) is 5.56 Å². The standard InChI is InChI=1S/C16H14BrN5O2/c1-24-15-7-6-12(17)8-11(15)9-18-19-16(23)10-22-20-13-4-2-3-5-14(13)21-22/h2-9H,10H2,1H3,(H,19,23)/b18-9-. The van der Waals surface area contributed by atoms with Gasteiger partial charge in [0.25, 0.3) is 5.91 Å². The summed E-state index contributed by atoms with van der Waals surface area (Å²) < 4.78 is 6.13. The van der Waals surface area contributed by atoms with Crippen molar-refractivity contribution in [1.82, 2.24) is 20.4 Å². The number of aromatic nitrogens is 3. The van der Waals surface area contributed by atoms with Gasteiger partial charge in [-0.25, -0.2) is 5.43 Å². The lowest BCUT2D eigenvalue weighted by Gasteiger charge is -2.04. The molecule has 3 aromatic rings. The Kier molecular flexibility index (Phi) is 4.85. The van der Waals surface area contributed by atoms with Gasteiger partial charge in [0, 0.05) is 10.0 Å². The minimum Gasteiger partial charge on any atom is -0.496 e. The zero-order chi connectivity index (χ0) is 16.9. The number of hydrazone groups is 1. The number of rotatable bonds is 5. The molecule has 2 aromatic carbocycles. The zero-order valence-electron chi connectivity index (χ0n) is 12.8. The van der Waals surface area contributed by atoms with Gasteiger partial charge in [-0.2, -0.15) is 20.1 Å². The first-order valence-corrected chi connectivity index (χ1v) is 7.90. The number of benzene rings is 2. The molecule has 0 radical (unpaired) electrons. The van der Waals surface area contributed by atoms with Crippen LogP contribution in [0.3, 0.4) is 0 Å². The lowest BCUT2D eigenvalue weighted by Crippen LogP contribution is -2.24. The fourth-order valence-electron chi connectivity index (χ4n) is 2.12. The fraction of sp³-hybridized carbons (Fsp3) is 0.125. The normalized spacial score (nSPS) is 11.1. The third-order valence-electron chi connectivity index (χ3n) is 3.20. The number of nitrogens with zero attached hydrogens (tertiary/aromatic N) is 4. The molecule has 0 saturated heterocycles. The van der Waals surface area contributed by atoms with Crippen molar-refractivity contribution in [2.45, 2.75) is 6.54 Å². The van der Waals surface area contributed by atoms with Crippen molar-refractivity contribution in [3.63, 3.8) is 0 Å². The van der Waals surface area contributed by atoms with Gasteiger partial charge in [-0.3, -0.25) is 4.79 Å². The third kappa shape index (κ3) is 3.77. The number of fused-ring (bicyclic) bond motifs is 1. The maximum absolute atomic E-state index is 11.9. The second-order valence-electron chi connectivity index (χ2n) is 4.90. The van der Waals surface area contributed by atoms with E-state index in [0.29, 0.717) is 5.75 Å². The van der Waals surface area contributed by atoms with Crippen LogP contribution >= 0.6 is 15.9 Å². The van der Waals surface area contributed by atoms with Crippen molar-refractivity contribution < 1.29 is 9.53 Å². The van der Waals surface area contributed by atoms with Gasteiger partial charge >= 0.3 is 0 Å². The summed E-state index contributed by atoms with van der Waals surface area (Å²) in [6, 6.07) is 12.9. The number of amides is 1. The van der Waals surface area contributed by atoms with E-state index in [4.69, 9.17) is 4.74 Å². The van der Waals surface area contributed by atoms with Crippen LogP contribution in [-0.2, 0) is 11.3 Å². The molecule has 1 N–H and O–H groups in total. The summed E-state index contributed by atoms with van der Waals surface area (Å²) in [5, 5.41) is 12.4. The summed E-state index contributed by atoms with van der Waals surface area (Å²) in [4.78, 5) is 13.3. The highest BCUT2D eigenvalue weighted by atomic mass is 79.9. The molecule has 7 nitrogen and oxygen atoms in total. The highest BCUT2D eigenvalue weighted by Gasteiger charge is 2.06.